The monoisotopic (exact) mass is 455 g/mol. The van der Waals surface area contributed by atoms with Crippen LogP contribution < -0.4 is 4.72 Å². The molecule has 0 bridgehead atoms. The second-order valence-electron chi connectivity index (χ2n) is 8.71. The standard InChI is InChI=1S/C22H22ClN5O2S/c1-22(8-9-22)27-31(29,30)15-6-7-18(25-12-15)21-16(11-24)17-13-26-20(23)10-19(17)28(21)14-4-2-3-5-14/h6-7,10,12-14,27H,2-5,8-9H2,1H3. The summed E-state index contributed by atoms with van der Waals surface area (Å²) < 4.78 is 30.3. The molecule has 0 spiro atoms. The van der Waals surface area contributed by atoms with E-state index in [1.807, 2.05) is 6.92 Å². The molecule has 5 rings (SSSR count). The zero-order valence-electron chi connectivity index (χ0n) is 17.1. The Hall–Kier alpha value is -2.47. The molecule has 9 heteroatoms. The van der Waals surface area contributed by atoms with E-state index in [1.165, 1.54) is 6.20 Å². The number of nitriles is 1. The van der Waals surface area contributed by atoms with Gasteiger partial charge in [-0.3, -0.25) is 4.98 Å². The van der Waals surface area contributed by atoms with Gasteiger partial charge in [-0.05, 0) is 50.8 Å². The first-order valence-corrected chi connectivity index (χ1v) is 12.3. The van der Waals surface area contributed by atoms with Crippen molar-refractivity contribution < 1.29 is 8.42 Å². The summed E-state index contributed by atoms with van der Waals surface area (Å²) in [4.78, 5) is 8.77. The van der Waals surface area contributed by atoms with Crippen molar-refractivity contribution in [2.75, 3.05) is 0 Å². The van der Waals surface area contributed by atoms with Gasteiger partial charge in [0.15, 0.2) is 0 Å². The van der Waals surface area contributed by atoms with Crippen LogP contribution in [-0.4, -0.2) is 28.5 Å². The summed E-state index contributed by atoms with van der Waals surface area (Å²) in [7, 11) is -3.64. The van der Waals surface area contributed by atoms with Crippen molar-refractivity contribution in [3.05, 3.63) is 41.3 Å². The van der Waals surface area contributed by atoms with Gasteiger partial charge < -0.3 is 4.57 Å². The fourth-order valence-electron chi connectivity index (χ4n) is 4.44. The van der Waals surface area contributed by atoms with Crippen LogP contribution in [0.4, 0.5) is 0 Å². The summed E-state index contributed by atoms with van der Waals surface area (Å²) in [6, 6.07) is 7.57. The molecule has 1 N–H and O–H groups in total. The van der Waals surface area contributed by atoms with Crippen LogP contribution in [0, 0.1) is 11.3 Å². The Morgan fingerprint density at radius 3 is 2.58 bits per heavy atom. The Balaban J connectivity index is 1.64. The number of pyridine rings is 2. The molecule has 0 saturated heterocycles. The lowest BCUT2D eigenvalue weighted by atomic mass is 10.1. The summed E-state index contributed by atoms with van der Waals surface area (Å²) in [6.45, 7) is 1.89. The van der Waals surface area contributed by atoms with Crippen molar-refractivity contribution in [1.29, 1.82) is 5.26 Å². The van der Waals surface area contributed by atoms with Gasteiger partial charge in [-0.2, -0.15) is 5.26 Å². The maximum Gasteiger partial charge on any atom is 0.242 e. The van der Waals surface area contributed by atoms with Gasteiger partial charge in [-0.1, -0.05) is 24.4 Å². The maximum absolute atomic E-state index is 12.7. The highest BCUT2D eigenvalue weighted by Crippen LogP contribution is 2.41. The Kier molecular flexibility index (Phi) is 4.81. The van der Waals surface area contributed by atoms with Gasteiger partial charge in [-0.25, -0.2) is 18.1 Å². The van der Waals surface area contributed by atoms with E-state index in [4.69, 9.17) is 11.6 Å². The normalized spacial score (nSPS) is 18.4. The van der Waals surface area contributed by atoms with Gasteiger partial charge in [0.1, 0.15) is 16.1 Å². The Morgan fingerprint density at radius 2 is 1.97 bits per heavy atom. The molecule has 0 atom stereocenters. The van der Waals surface area contributed by atoms with Crippen LogP contribution in [0.5, 0.6) is 0 Å². The van der Waals surface area contributed by atoms with E-state index in [9.17, 15) is 13.7 Å². The van der Waals surface area contributed by atoms with E-state index in [-0.39, 0.29) is 16.5 Å². The van der Waals surface area contributed by atoms with Gasteiger partial charge in [-0.15, -0.1) is 0 Å². The van der Waals surface area contributed by atoms with Crippen molar-refractivity contribution in [2.24, 2.45) is 0 Å². The van der Waals surface area contributed by atoms with Crippen LogP contribution in [0.2, 0.25) is 5.15 Å². The third-order valence-corrected chi connectivity index (χ3v) is 8.16. The third-order valence-electron chi connectivity index (χ3n) is 6.33. The molecule has 2 saturated carbocycles. The number of sulfonamides is 1. The average molecular weight is 456 g/mol. The minimum absolute atomic E-state index is 0.121. The molecule has 2 fully saturated rings. The summed E-state index contributed by atoms with van der Waals surface area (Å²) in [6.07, 6.45) is 8.94. The summed E-state index contributed by atoms with van der Waals surface area (Å²) in [5.74, 6) is 0. The molecule has 0 unspecified atom stereocenters. The van der Waals surface area contributed by atoms with Crippen molar-refractivity contribution in [1.82, 2.24) is 19.3 Å². The number of nitrogens with one attached hydrogen (secondary N) is 1. The minimum Gasteiger partial charge on any atom is -0.335 e. The zero-order valence-corrected chi connectivity index (χ0v) is 18.7. The predicted molar refractivity (Wildman–Crippen MR) is 118 cm³/mol. The molecular weight excluding hydrogens is 434 g/mol. The topological polar surface area (TPSA) is 101 Å². The Morgan fingerprint density at radius 1 is 1.23 bits per heavy atom. The molecule has 0 aromatic carbocycles. The first-order valence-electron chi connectivity index (χ1n) is 10.4. The number of rotatable bonds is 5. The average Bonchev–Trinajstić information content (AvgIpc) is 3.15. The van der Waals surface area contributed by atoms with E-state index in [2.05, 4.69) is 25.3 Å². The second kappa shape index (κ2) is 7.30. The lowest BCUT2D eigenvalue weighted by molar-refractivity contribution is 0.539. The number of fused-ring (bicyclic) bond motifs is 1. The van der Waals surface area contributed by atoms with Crippen molar-refractivity contribution >= 4 is 32.5 Å². The van der Waals surface area contributed by atoms with Crippen LogP contribution >= 0.6 is 11.6 Å². The zero-order chi connectivity index (χ0) is 21.8. The maximum atomic E-state index is 12.7. The molecule has 0 aliphatic heterocycles. The summed E-state index contributed by atoms with van der Waals surface area (Å²) in [5.41, 5.74) is 2.25. The predicted octanol–water partition coefficient (Wildman–Crippen LogP) is 4.57. The lowest BCUT2D eigenvalue weighted by Crippen LogP contribution is -2.34. The lowest BCUT2D eigenvalue weighted by Gasteiger charge is -2.18. The first kappa shape index (κ1) is 20.4. The van der Waals surface area contributed by atoms with Crippen LogP contribution in [0.25, 0.3) is 22.3 Å². The summed E-state index contributed by atoms with van der Waals surface area (Å²) >= 11 is 6.18. The Bertz CT molecular complexity index is 1310. The molecule has 0 radical (unpaired) electrons. The second-order valence-corrected chi connectivity index (χ2v) is 10.8. The number of halogens is 1. The van der Waals surface area contributed by atoms with E-state index in [1.54, 1.807) is 24.4 Å². The number of aromatic nitrogens is 3. The van der Waals surface area contributed by atoms with E-state index in [0.29, 0.717) is 22.1 Å². The molecule has 31 heavy (non-hydrogen) atoms. The molecule has 7 nitrogen and oxygen atoms in total. The number of hydrogen-bond acceptors (Lipinski definition) is 5. The summed E-state index contributed by atoms with van der Waals surface area (Å²) in [5, 5.41) is 11.1. The fourth-order valence-corrected chi connectivity index (χ4v) is 6.00. The quantitative estimate of drug-likeness (QED) is 0.568. The highest BCUT2D eigenvalue weighted by atomic mass is 35.5. The van der Waals surface area contributed by atoms with E-state index < -0.39 is 10.0 Å². The molecule has 3 heterocycles. The smallest absolute Gasteiger partial charge is 0.242 e. The molecule has 2 aliphatic rings. The van der Waals surface area contributed by atoms with Gasteiger partial charge in [0.25, 0.3) is 0 Å². The highest BCUT2D eigenvalue weighted by Gasteiger charge is 2.41. The van der Waals surface area contributed by atoms with Crippen molar-refractivity contribution in [3.8, 4) is 17.5 Å². The largest absolute Gasteiger partial charge is 0.335 e. The molecular formula is C22H22ClN5O2S. The third kappa shape index (κ3) is 3.61. The number of nitrogens with zero attached hydrogens (tertiary/aromatic N) is 4. The SMILES string of the molecule is CC1(NS(=O)(=O)c2ccc(-c3c(C#N)c4cnc(Cl)cc4n3C3CCCC3)nc2)CC1. The van der Waals surface area contributed by atoms with Crippen molar-refractivity contribution in [2.45, 2.75) is 61.9 Å². The molecule has 2 aliphatic carbocycles. The molecule has 160 valence electrons. The van der Waals surface area contributed by atoms with Crippen LogP contribution in [0.15, 0.2) is 35.5 Å². The van der Waals surface area contributed by atoms with Gasteiger partial charge in [0.05, 0.1) is 22.5 Å². The fraction of sp³-hybridized carbons (Fsp3) is 0.409. The number of hydrogen-bond donors (Lipinski definition) is 1. The van der Waals surface area contributed by atoms with Gasteiger partial charge >= 0.3 is 0 Å². The minimum atomic E-state index is -3.64. The Labute approximate surface area is 186 Å². The van der Waals surface area contributed by atoms with Crippen LogP contribution in [0.3, 0.4) is 0 Å². The van der Waals surface area contributed by atoms with Gasteiger partial charge in [0, 0.05) is 29.4 Å². The van der Waals surface area contributed by atoms with E-state index in [0.717, 1.165) is 49.4 Å². The van der Waals surface area contributed by atoms with E-state index >= 15 is 0 Å². The van der Waals surface area contributed by atoms with Gasteiger partial charge in [0.2, 0.25) is 10.0 Å². The molecule has 3 aromatic rings. The first-order chi connectivity index (χ1) is 14.8. The van der Waals surface area contributed by atoms with Crippen LogP contribution in [-0.2, 0) is 10.0 Å². The molecule has 0 amide bonds. The van der Waals surface area contributed by atoms with Crippen molar-refractivity contribution in [3.63, 3.8) is 0 Å². The van der Waals surface area contributed by atoms with Crippen LogP contribution in [0.1, 0.15) is 57.1 Å². The highest BCUT2D eigenvalue weighted by molar-refractivity contribution is 7.89. The molecule has 3 aromatic heterocycles.